The van der Waals surface area contributed by atoms with Crippen molar-refractivity contribution in [1.82, 2.24) is 35.1 Å². The van der Waals surface area contributed by atoms with Gasteiger partial charge in [-0.2, -0.15) is 0 Å². The Hall–Kier alpha value is -3.55. The molecule has 142 valence electrons. The van der Waals surface area contributed by atoms with Crippen molar-refractivity contribution in [3.05, 3.63) is 60.4 Å². The first-order valence-electron chi connectivity index (χ1n) is 9.31. The Balaban J connectivity index is 1.36. The van der Waals surface area contributed by atoms with E-state index in [9.17, 15) is 4.79 Å². The van der Waals surface area contributed by atoms with Crippen LogP contribution in [0, 0.1) is 0 Å². The number of nitrogens with one attached hydrogen (secondary N) is 1. The van der Waals surface area contributed by atoms with Crippen molar-refractivity contribution in [2.24, 2.45) is 0 Å². The molecule has 0 aliphatic heterocycles. The fourth-order valence-electron chi connectivity index (χ4n) is 3.17. The van der Waals surface area contributed by atoms with Gasteiger partial charge in [0.25, 0.3) is 5.91 Å². The van der Waals surface area contributed by atoms with Crippen LogP contribution in [0.2, 0.25) is 0 Å². The zero-order valence-electron chi connectivity index (χ0n) is 15.6. The minimum Gasteiger partial charge on any atom is -0.352 e. The van der Waals surface area contributed by atoms with Gasteiger partial charge in [-0.05, 0) is 48.0 Å². The molecule has 0 aliphatic carbocycles. The van der Waals surface area contributed by atoms with Gasteiger partial charge in [0.1, 0.15) is 0 Å². The van der Waals surface area contributed by atoms with E-state index in [-0.39, 0.29) is 5.91 Å². The highest BCUT2D eigenvalue weighted by molar-refractivity contribution is 5.95. The summed E-state index contributed by atoms with van der Waals surface area (Å²) in [6, 6.07) is 15.4. The van der Waals surface area contributed by atoms with Crippen molar-refractivity contribution >= 4 is 16.9 Å². The molecule has 0 aliphatic rings. The lowest BCUT2D eigenvalue weighted by atomic mass is 10.1. The Morgan fingerprint density at radius 1 is 1.14 bits per heavy atom. The van der Waals surface area contributed by atoms with Crippen LogP contribution in [0.25, 0.3) is 22.4 Å². The number of para-hydroxylation sites is 2. The van der Waals surface area contributed by atoms with Crippen molar-refractivity contribution < 1.29 is 4.79 Å². The van der Waals surface area contributed by atoms with Gasteiger partial charge in [0, 0.05) is 30.8 Å². The highest BCUT2D eigenvalue weighted by Gasteiger charge is 2.11. The predicted molar refractivity (Wildman–Crippen MR) is 106 cm³/mol. The third-order valence-corrected chi connectivity index (χ3v) is 4.60. The summed E-state index contributed by atoms with van der Waals surface area (Å²) in [6.07, 6.45) is 2.66. The first kappa shape index (κ1) is 17.8. The molecule has 4 rings (SSSR count). The molecule has 8 nitrogen and oxygen atoms in total. The number of hydrogen-bond donors (Lipinski definition) is 1. The molecule has 2 aromatic heterocycles. The fraction of sp³-hybridized carbons (Fsp3) is 0.250. The number of fused-ring (bicyclic) bond motifs is 1. The summed E-state index contributed by atoms with van der Waals surface area (Å²) < 4.78 is 3.80. The van der Waals surface area contributed by atoms with Crippen molar-refractivity contribution in [2.45, 2.75) is 26.4 Å². The first-order valence-corrected chi connectivity index (χ1v) is 9.31. The number of aryl methyl sites for hydroxylation is 2. The number of benzene rings is 2. The Bertz CT molecular complexity index is 1100. The van der Waals surface area contributed by atoms with E-state index in [1.165, 1.54) is 0 Å². The maximum Gasteiger partial charge on any atom is 0.251 e. The van der Waals surface area contributed by atoms with Crippen LogP contribution in [-0.4, -0.2) is 42.2 Å². The van der Waals surface area contributed by atoms with Crippen LogP contribution in [0.15, 0.2) is 54.9 Å². The number of carbonyl (C=O) groups excluding carboxylic acids is 1. The van der Waals surface area contributed by atoms with Gasteiger partial charge in [-0.1, -0.05) is 24.3 Å². The van der Waals surface area contributed by atoms with Gasteiger partial charge in [-0.25, -0.2) is 9.67 Å². The van der Waals surface area contributed by atoms with E-state index in [2.05, 4.69) is 36.5 Å². The Morgan fingerprint density at radius 3 is 2.93 bits per heavy atom. The normalized spacial score (nSPS) is 11.0. The minimum absolute atomic E-state index is 0.104. The lowest BCUT2D eigenvalue weighted by molar-refractivity contribution is 0.0953. The molecule has 4 aromatic rings. The number of amides is 1. The molecule has 0 radical (unpaired) electrons. The van der Waals surface area contributed by atoms with E-state index >= 15 is 0 Å². The molecule has 0 saturated heterocycles. The number of aromatic nitrogens is 6. The van der Waals surface area contributed by atoms with Crippen molar-refractivity contribution in [3.8, 4) is 11.4 Å². The number of nitrogens with zero attached hydrogens (tertiary/aromatic N) is 6. The van der Waals surface area contributed by atoms with Crippen molar-refractivity contribution in [2.75, 3.05) is 6.54 Å². The summed E-state index contributed by atoms with van der Waals surface area (Å²) >= 11 is 0. The lowest BCUT2D eigenvalue weighted by Crippen LogP contribution is -2.25. The summed E-state index contributed by atoms with van der Waals surface area (Å²) in [5.74, 6) is 0.553. The average molecular weight is 375 g/mol. The largest absolute Gasteiger partial charge is 0.352 e. The van der Waals surface area contributed by atoms with Crippen molar-refractivity contribution in [1.29, 1.82) is 0 Å². The second kappa shape index (κ2) is 7.99. The van der Waals surface area contributed by atoms with Gasteiger partial charge >= 0.3 is 0 Å². The Kier molecular flexibility index (Phi) is 5.09. The standard InChI is InChI=1S/C20H21N7O/c1-2-27-19(23-24-25-27)15-7-5-8-16(13-15)20(28)21-11-6-12-26-14-22-17-9-3-4-10-18(17)26/h3-5,7-10,13-14H,2,6,11-12H2,1H3,(H,21,28). The minimum atomic E-state index is -0.104. The monoisotopic (exact) mass is 375 g/mol. The molecular formula is C20H21N7O. The van der Waals surface area contributed by atoms with E-state index in [0.29, 0.717) is 24.5 Å². The summed E-state index contributed by atoms with van der Waals surface area (Å²) in [4.78, 5) is 16.9. The van der Waals surface area contributed by atoms with Crippen LogP contribution in [0.3, 0.4) is 0 Å². The molecule has 1 N–H and O–H groups in total. The predicted octanol–water partition coefficient (Wildman–Crippen LogP) is 2.53. The molecule has 2 heterocycles. The third kappa shape index (κ3) is 3.62. The number of rotatable bonds is 7. The van der Waals surface area contributed by atoms with Gasteiger partial charge in [-0.3, -0.25) is 4.79 Å². The van der Waals surface area contributed by atoms with Crippen LogP contribution < -0.4 is 5.32 Å². The van der Waals surface area contributed by atoms with E-state index in [4.69, 9.17) is 0 Å². The van der Waals surface area contributed by atoms with Gasteiger partial charge in [0.05, 0.1) is 17.4 Å². The van der Waals surface area contributed by atoms with Gasteiger partial charge in [0.15, 0.2) is 5.82 Å². The third-order valence-electron chi connectivity index (χ3n) is 4.60. The summed E-state index contributed by atoms with van der Waals surface area (Å²) in [5.41, 5.74) is 3.51. The number of imidazole rings is 1. The molecular weight excluding hydrogens is 354 g/mol. The topological polar surface area (TPSA) is 90.5 Å². The summed E-state index contributed by atoms with van der Waals surface area (Å²) in [5, 5.41) is 14.7. The lowest BCUT2D eigenvalue weighted by Gasteiger charge is -2.08. The van der Waals surface area contributed by atoms with Gasteiger partial charge in [-0.15, -0.1) is 5.10 Å². The van der Waals surface area contributed by atoms with Crippen LogP contribution in [-0.2, 0) is 13.1 Å². The van der Waals surface area contributed by atoms with Gasteiger partial charge in [0.2, 0.25) is 0 Å². The smallest absolute Gasteiger partial charge is 0.251 e. The highest BCUT2D eigenvalue weighted by Crippen LogP contribution is 2.17. The zero-order valence-corrected chi connectivity index (χ0v) is 15.6. The molecule has 0 fully saturated rings. The van der Waals surface area contributed by atoms with Crippen LogP contribution in [0.1, 0.15) is 23.7 Å². The Morgan fingerprint density at radius 2 is 2.04 bits per heavy atom. The molecule has 28 heavy (non-hydrogen) atoms. The quantitative estimate of drug-likeness (QED) is 0.501. The van der Waals surface area contributed by atoms with Crippen molar-refractivity contribution in [3.63, 3.8) is 0 Å². The second-order valence-corrected chi connectivity index (χ2v) is 6.44. The van der Waals surface area contributed by atoms with E-state index in [1.54, 1.807) is 10.7 Å². The molecule has 2 aromatic carbocycles. The van der Waals surface area contributed by atoms with Gasteiger partial charge < -0.3 is 9.88 Å². The number of carbonyl (C=O) groups is 1. The first-order chi connectivity index (χ1) is 13.8. The molecule has 0 saturated carbocycles. The fourth-order valence-corrected chi connectivity index (χ4v) is 3.17. The molecule has 0 spiro atoms. The molecule has 0 atom stereocenters. The zero-order chi connectivity index (χ0) is 19.3. The van der Waals surface area contributed by atoms with E-state index < -0.39 is 0 Å². The molecule has 0 bridgehead atoms. The van der Waals surface area contributed by atoms with Crippen LogP contribution in [0.4, 0.5) is 0 Å². The molecule has 1 amide bonds. The van der Waals surface area contributed by atoms with Crippen LogP contribution >= 0.6 is 0 Å². The Labute approximate surface area is 162 Å². The van der Waals surface area contributed by atoms with E-state index in [1.807, 2.05) is 49.6 Å². The number of tetrazole rings is 1. The second-order valence-electron chi connectivity index (χ2n) is 6.44. The maximum absolute atomic E-state index is 12.5. The molecule has 0 unspecified atom stereocenters. The summed E-state index contributed by atoms with van der Waals surface area (Å²) in [6.45, 7) is 4.02. The SMILES string of the molecule is CCn1nnnc1-c1cccc(C(=O)NCCCn2cnc3ccccc32)c1. The molecule has 8 heteroatoms. The van der Waals surface area contributed by atoms with E-state index in [0.717, 1.165) is 29.6 Å². The highest BCUT2D eigenvalue weighted by atomic mass is 16.1. The number of hydrogen-bond acceptors (Lipinski definition) is 5. The average Bonchev–Trinajstić information content (AvgIpc) is 3.38. The summed E-state index contributed by atoms with van der Waals surface area (Å²) in [7, 11) is 0. The maximum atomic E-state index is 12.5. The van der Waals surface area contributed by atoms with Crippen LogP contribution in [0.5, 0.6) is 0 Å².